The van der Waals surface area contributed by atoms with Gasteiger partial charge in [-0.05, 0) is 39.0 Å². The zero-order valence-corrected chi connectivity index (χ0v) is 13.4. The molecule has 23 heavy (non-hydrogen) atoms. The summed E-state index contributed by atoms with van der Waals surface area (Å²) in [5.74, 6) is -1.22. The molecule has 0 bridgehead atoms. The Hall–Kier alpha value is -2.18. The minimum Gasteiger partial charge on any atom is -0.448 e. The molecule has 0 fully saturated rings. The standard InChI is InChI=1S/C16H23N3O4/c1-11(23-16(22)13-7-8-14(20)19-18-13)15(21)17-10-9-12-5-3-2-4-6-12/h5,11H,2-4,6-10H2,1H3,(H,17,21)(H,19,20)/t11-/m0/s1. The van der Waals surface area contributed by atoms with Crippen molar-refractivity contribution in [1.82, 2.24) is 10.7 Å². The molecule has 7 heteroatoms. The van der Waals surface area contributed by atoms with Crippen LogP contribution in [-0.4, -0.2) is 36.1 Å². The van der Waals surface area contributed by atoms with Crippen molar-refractivity contribution < 1.29 is 19.1 Å². The van der Waals surface area contributed by atoms with Crippen LogP contribution in [0.4, 0.5) is 0 Å². The average molecular weight is 321 g/mol. The second-order valence-corrected chi connectivity index (χ2v) is 5.79. The maximum atomic E-state index is 11.9. The Morgan fingerprint density at radius 3 is 2.83 bits per heavy atom. The van der Waals surface area contributed by atoms with E-state index >= 15 is 0 Å². The molecule has 2 N–H and O–H groups in total. The molecule has 0 radical (unpaired) electrons. The van der Waals surface area contributed by atoms with Gasteiger partial charge in [-0.2, -0.15) is 5.10 Å². The van der Waals surface area contributed by atoms with Gasteiger partial charge in [0, 0.05) is 19.4 Å². The molecule has 0 saturated carbocycles. The van der Waals surface area contributed by atoms with E-state index in [-0.39, 0.29) is 30.4 Å². The number of nitrogens with one attached hydrogen (secondary N) is 2. The molecular formula is C16H23N3O4. The topological polar surface area (TPSA) is 96.9 Å². The number of allylic oxidation sites excluding steroid dienone is 1. The summed E-state index contributed by atoms with van der Waals surface area (Å²) in [5.41, 5.74) is 3.75. The van der Waals surface area contributed by atoms with Gasteiger partial charge < -0.3 is 10.1 Å². The quantitative estimate of drug-likeness (QED) is 0.567. The molecule has 2 amide bonds. The monoisotopic (exact) mass is 321 g/mol. The van der Waals surface area contributed by atoms with E-state index in [0.29, 0.717) is 6.54 Å². The van der Waals surface area contributed by atoms with Gasteiger partial charge in [0.25, 0.3) is 5.91 Å². The maximum Gasteiger partial charge on any atom is 0.355 e. The second-order valence-electron chi connectivity index (χ2n) is 5.79. The number of amides is 2. The normalized spacial score (nSPS) is 19.1. The summed E-state index contributed by atoms with van der Waals surface area (Å²) in [6, 6.07) is 0. The van der Waals surface area contributed by atoms with Crippen molar-refractivity contribution in [2.24, 2.45) is 5.10 Å². The highest BCUT2D eigenvalue weighted by Gasteiger charge is 2.24. The lowest BCUT2D eigenvalue weighted by molar-refractivity contribution is -0.148. The second kappa shape index (κ2) is 8.45. The smallest absolute Gasteiger partial charge is 0.355 e. The van der Waals surface area contributed by atoms with Crippen LogP contribution in [0.25, 0.3) is 0 Å². The molecular weight excluding hydrogens is 298 g/mol. The van der Waals surface area contributed by atoms with E-state index in [0.717, 1.165) is 19.3 Å². The van der Waals surface area contributed by atoms with Crippen LogP contribution in [0.1, 0.15) is 51.9 Å². The predicted molar refractivity (Wildman–Crippen MR) is 84.5 cm³/mol. The first-order valence-electron chi connectivity index (χ1n) is 8.08. The molecule has 1 heterocycles. The van der Waals surface area contributed by atoms with E-state index < -0.39 is 12.1 Å². The average Bonchev–Trinajstić information content (AvgIpc) is 2.56. The maximum absolute atomic E-state index is 11.9. The molecule has 0 aromatic rings. The molecule has 2 aliphatic rings. The van der Waals surface area contributed by atoms with Gasteiger partial charge in [-0.15, -0.1) is 0 Å². The Morgan fingerprint density at radius 1 is 1.35 bits per heavy atom. The Labute approximate surface area is 135 Å². The third-order valence-electron chi connectivity index (χ3n) is 3.92. The van der Waals surface area contributed by atoms with Gasteiger partial charge >= 0.3 is 5.97 Å². The summed E-state index contributed by atoms with van der Waals surface area (Å²) in [6.45, 7) is 2.07. The lowest BCUT2D eigenvalue weighted by Crippen LogP contribution is -2.39. The fraction of sp³-hybridized carbons (Fsp3) is 0.625. The third kappa shape index (κ3) is 5.50. The van der Waals surface area contributed by atoms with Crippen molar-refractivity contribution in [2.75, 3.05) is 6.54 Å². The molecule has 1 atom stereocenters. The number of esters is 1. The molecule has 126 valence electrons. The van der Waals surface area contributed by atoms with Crippen LogP contribution in [0.3, 0.4) is 0 Å². The highest BCUT2D eigenvalue weighted by atomic mass is 16.5. The molecule has 1 aliphatic carbocycles. The van der Waals surface area contributed by atoms with Gasteiger partial charge in [0.1, 0.15) is 5.71 Å². The van der Waals surface area contributed by atoms with Crippen molar-refractivity contribution >= 4 is 23.5 Å². The minimum absolute atomic E-state index is 0.136. The minimum atomic E-state index is -0.886. The Balaban J connectivity index is 1.70. The van der Waals surface area contributed by atoms with Gasteiger partial charge in [0.05, 0.1) is 0 Å². The van der Waals surface area contributed by atoms with Crippen LogP contribution in [0.15, 0.2) is 16.8 Å². The Bertz CT molecular complexity index is 539. The van der Waals surface area contributed by atoms with Crippen LogP contribution in [0.5, 0.6) is 0 Å². The SMILES string of the molecule is C[C@H](OC(=O)C1=NNC(=O)CC1)C(=O)NCCC1=CCCCC1. The molecule has 0 aromatic heterocycles. The van der Waals surface area contributed by atoms with Crippen LogP contribution < -0.4 is 10.7 Å². The number of carbonyl (C=O) groups is 3. The van der Waals surface area contributed by atoms with Gasteiger partial charge in [0.2, 0.25) is 5.91 Å². The zero-order valence-electron chi connectivity index (χ0n) is 13.4. The van der Waals surface area contributed by atoms with E-state index in [1.54, 1.807) is 0 Å². The summed E-state index contributed by atoms with van der Waals surface area (Å²) in [4.78, 5) is 34.8. The van der Waals surface area contributed by atoms with Gasteiger partial charge in [-0.3, -0.25) is 9.59 Å². The molecule has 0 saturated heterocycles. The summed E-state index contributed by atoms with van der Waals surface area (Å²) in [7, 11) is 0. The number of rotatable bonds is 6. The molecule has 0 spiro atoms. The number of carbonyl (C=O) groups excluding carboxylic acids is 3. The lowest BCUT2D eigenvalue weighted by Gasteiger charge is -2.17. The van der Waals surface area contributed by atoms with E-state index in [1.165, 1.54) is 25.3 Å². The molecule has 7 nitrogen and oxygen atoms in total. The first-order chi connectivity index (χ1) is 11.1. The van der Waals surface area contributed by atoms with Crippen molar-refractivity contribution in [3.63, 3.8) is 0 Å². The molecule has 0 unspecified atom stereocenters. The Morgan fingerprint density at radius 2 is 2.17 bits per heavy atom. The summed E-state index contributed by atoms with van der Waals surface area (Å²) < 4.78 is 5.08. The summed E-state index contributed by atoms with van der Waals surface area (Å²) >= 11 is 0. The number of nitrogens with zero attached hydrogens (tertiary/aromatic N) is 1. The van der Waals surface area contributed by atoms with Crippen LogP contribution >= 0.6 is 0 Å². The van der Waals surface area contributed by atoms with Crippen molar-refractivity contribution in [3.05, 3.63) is 11.6 Å². The lowest BCUT2D eigenvalue weighted by atomic mass is 9.97. The molecule has 0 aromatic carbocycles. The molecule has 2 rings (SSSR count). The largest absolute Gasteiger partial charge is 0.448 e. The highest BCUT2D eigenvalue weighted by molar-refractivity contribution is 6.37. The number of hydrogen-bond acceptors (Lipinski definition) is 5. The van der Waals surface area contributed by atoms with Crippen LogP contribution in [0.2, 0.25) is 0 Å². The van der Waals surface area contributed by atoms with Crippen molar-refractivity contribution in [2.45, 2.75) is 58.0 Å². The highest BCUT2D eigenvalue weighted by Crippen LogP contribution is 2.19. The van der Waals surface area contributed by atoms with Gasteiger partial charge in [-0.25, -0.2) is 10.2 Å². The van der Waals surface area contributed by atoms with Crippen LogP contribution in [0, 0.1) is 0 Å². The number of hydrogen-bond donors (Lipinski definition) is 2. The Kier molecular flexibility index (Phi) is 6.31. The van der Waals surface area contributed by atoms with Crippen molar-refractivity contribution in [3.8, 4) is 0 Å². The van der Waals surface area contributed by atoms with E-state index in [4.69, 9.17) is 4.74 Å². The summed E-state index contributed by atoms with van der Waals surface area (Å²) in [6.07, 6.45) is 7.31. The fourth-order valence-corrected chi connectivity index (χ4v) is 2.53. The zero-order chi connectivity index (χ0) is 16.7. The van der Waals surface area contributed by atoms with E-state index in [1.807, 2.05) is 0 Å². The van der Waals surface area contributed by atoms with E-state index in [2.05, 4.69) is 21.9 Å². The van der Waals surface area contributed by atoms with Crippen LogP contribution in [-0.2, 0) is 19.1 Å². The first kappa shape index (κ1) is 17.2. The van der Waals surface area contributed by atoms with Gasteiger partial charge in [-0.1, -0.05) is 11.6 Å². The summed E-state index contributed by atoms with van der Waals surface area (Å²) in [5, 5.41) is 6.43. The van der Waals surface area contributed by atoms with E-state index in [9.17, 15) is 14.4 Å². The molecule has 1 aliphatic heterocycles. The number of ether oxygens (including phenoxy) is 1. The van der Waals surface area contributed by atoms with Gasteiger partial charge in [0.15, 0.2) is 6.10 Å². The van der Waals surface area contributed by atoms with Crippen molar-refractivity contribution in [1.29, 1.82) is 0 Å². The fourth-order valence-electron chi connectivity index (χ4n) is 2.53. The third-order valence-corrected chi connectivity index (χ3v) is 3.92. The predicted octanol–water partition coefficient (Wildman–Crippen LogP) is 1.19. The number of hydrazone groups is 1. The first-order valence-corrected chi connectivity index (χ1v) is 8.08.